The number of alkyl halides is 3. The van der Waals surface area contributed by atoms with E-state index >= 15 is 0 Å². The predicted molar refractivity (Wildman–Crippen MR) is 97.5 cm³/mol. The second kappa shape index (κ2) is 7.12. The van der Waals surface area contributed by atoms with Crippen molar-refractivity contribution in [1.29, 1.82) is 5.26 Å². The third-order valence-electron chi connectivity index (χ3n) is 4.13. The van der Waals surface area contributed by atoms with Crippen molar-refractivity contribution in [3.05, 3.63) is 57.6 Å². The molecule has 0 unspecified atom stereocenters. The molecule has 0 amide bonds. The van der Waals surface area contributed by atoms with Crippen molar-refractivity contribution in [3.63, 3.8) is 0 Å². The smallest absolute Gasteiger partial charge is 0.344 e. The Morgan fingerprint density at radius 1 is 1.12 bits per heavy atom. The number of carbonyl (C=O) groups is 1. The second-order valence-corrected chi connectivity index (χ2v) is 7.32. The minimum Gasteiger partial charge on any atom is -0.344 e. The lowest BCUT2D eigenvalue weighted by atomic mass is 9.84. The van der Waals surface area contributed by atoms with E-state index in [1.165, 1.54) is 6.07 Å². The minimum absolute atomic E-state index is 0.265. The molecular formula is C19H16BrF3N2O. The average Bonchev–Trinajstić information content (AvgIpc) is 2.59. The summed E-state index contributed by atoms with van der Waals surface area (Å²) in [5, 5.41) is 8.93. The van der Waals surface area contributed by atoms with Crippen LogP contribution in [-0.4, -0.2) is 13.3 Å². The lowest BCUT2D eigenvalue weighted by Crippen LogP contribution is -2.23. The van der Waals surface area contributed by atoms with Crippen LogP contribution in [0.25, 0.3) is 0 Å². The van der Waals surface area contributed by atoms with Crippen LogP contribution in [0.4, 0.5) is 24.5 Å². The number of hydrogen-bond donors (Lipinski definition) is 0. The largest absolute Gasteiger partial charge is 0.417 e. The van der Waals surface area contributed by atoms with E-state index in [2.05, 4.69) is 15.9 Å². The van der Waals surface area contributed by atoms with Crippen LogP contribution in [0.3, 0.4) is 0 Å². The first-order valence-electron chi connectivity index (χ1n) is 7.62. The van der Waals surface area contributed by atoms with Gasteiger partial charge < -0.3 is 9.69 Å². The highest BCUT2D eigenvalue weighted by atomic mass is 79.9. The zero-order valence-electron chi connectivity index (χ0n) is 14.4. The van der Waals surface area contributed by atoms with E-state index < -0.39 is 22.7 Å². The Hall–Kier alpha value is -2.33. The first-order chi connectivity index (χ1) is 12.0. The van der Waals surface area contributed by atoms with Crippen molar-refractivity contribution in [2.24, 2.45) is 0 Å². The highest BCUT2D eigenvalue weighted by Gasteiger charge is 2.34. The number of carbonyl (C=O) groups excluding carboxylic acids is 1. The molecule has 0 N–H and O–H groups in total. The highest BCUT2D eigenvalue weighted by molar-refractivity contribution is 9.10. The quantitative estimate of drug-likeness (QED) is 0.601. The van der Waals surface area contributed by atoms with Crippen LogP contribution in [-0.2, 0) is 16.4 Å². The van der Waals surface area contributed by atoms with Crippen LogP contribution in [0.1, 0.15) is 30.5 Å². The lowest BCUT2D eigenvalue weighted by molar-refractivity contribution is -0.137. The van der Waals surface area contributed by atoms with Crippen LogP contribution in [0.2, 0.25) is 0 Å². The summed E-state index contributed by atoms with van der Waals surface area (Å²) in [5.41, 5.74) is -0.712. The van der Waals surface area contributed by atoms with Crippen molar-refractivity contribution in [1.82, 2.24) is 0 Å². The Morgan fingerprint density at radius 3 is 2.31 bits per heavy atom. The number of anilines is 2. The molecule has 0 saturated heterocycles. The van der Waals surface area contributed by atoms with Gasteiger partial charge in [0.1, 0.15) is 6.29 Å². The molecule has 0 atom stereocenters. The third-order valence-corrected chi connectivity index (χ3v) is 4.62. The van der Waals surface area contributed by atoms with Crippen molar-refractivity contribution >= 4 is 33.6 Å². The van der Waals surface area contributed by atoms with E-state index in [4.69, 9.17) is 5.26 Å². The molecule has 0 spiro atoms. The van der Waals surface area contributed by atoms with E-state index in [-0.39, 0.29) is 5.69 Å². The molecule has 0 aliphatic carbocycles. The molecule has 0 fully saturated rings. The normalized spacial score (nSPS) is 11.8. The zero-order valence-corrected chi connectivity index (χ0v) is 15.9. The second-order valence-electron chi connectivity index (χ2n) is 6.40. The minimum atomic E-state index is -4.63. The number of nitriles is 1. The van der Waals surface area contributed by atoms with Gasteiger partial charge in [-0.05, 0) is 55.8 Å². The molecule has 0 aromatic heterocycles. The van der Waals surface area contributed by atoms with Crippen molar-refractivity contribution in [2.75, 3.05) is 11.9 Å². The molecule has 0 aliphatic rings. The van der Waals surface area contributed by atoms with Crippen molar-refractivity contribution in [2.45, 2.75) is 25.4 Å². The molecule has 2 aromatic carbocycles. The summed E-state index contributed by atoms with van der Waals surface area (Å²) >= 11 is 3.36. The van der Waals surface area contributed by atoms with Gasteiger partial charge >= 0.3 is 6.18 Å². The van der Waals surface area contributed by atoms with Gasteiger partial charge in [-0.25, -0.2) is 0 Å². The third kappa shape index (κ3) is 3.91. The summed E-state index contributed by atoms with van der Waals surface area (Å²) in [5.74, 6) is 0. The Bertz CT molecular complexity index is 885. The molecule has 2 rings (SSSR count). The van der Waals surface area contributed by atoms with Gasteiger partial charge in [0.15, 0.2) is 0 Å². The van der Waals surface area contributed by atoms with Crippen LogP contribution in [0.5, 0.6) is 0 Å². The van der Waals surface area contributed by atoms with E-state index in [1.54, 1.807) is 50.1 Å². The summed E-state index contributed by atoms with van der Waals surface area (Å²) in [7, 11) is 1.62. The molecular weight excluding hydrogens is 409 g/mol. The standard InChI is InChI=1S/C19H16BrF3N2O/c1-18(2,11-26)16-8-13(20)5-7-17(16)25(3)14-6-4-12(10-24)15(9-14)19(21,22)23/h4-9,11H,1-3H3. The summed E-state index contributed by atoms with van der Waals surface area (Å²) < 4.78 is 40.5. The topological polar surface area (TPSA) is 44.1 Å². The number of benzene rings is 2. The molecule has 0 heterocycles. The van der Waals surface area contributed by atoms with Gasteiger partial charge in [0.25, 0.3) is 0 Å². The summed E-state index contributed by atoms with van der Waals surface area (Å²) in [4.78, 5) is 13.1. The van der Waals surface area contributed by atoms with Crippen molar-refractivity contribution < 1.29 is 18.0 Å². The Morgan fingerprint density at radius 2 is 1.77 bits per heavy atom. The van der Waals surface area contributed by atoms with E-state index in [0.29, 0.717) is 11.3 Å². The number of rotatable bonds is 4. The van der Waals surface area contributed by atoms with Gasteiger partial charge in [0, 0.05) is 28.3 Å². The van der Waals surface area contributed by atoms with Crippen LogP contribution in [0.15, 0.2) is 40.9 Å². The van der Waals surface area contributed by atoms with Gasteiger partial charge in [0.2, 0.25) is 0 Å². The first-order valence-corrected chi connectivity index (χ1v) is 8.42. The van der Waals surface area contributed by atoms with Gasteiger partial charge in [0.05, 0.1) is 17.2 Å². The van der Waals surface area contributed by atoms with Gasteiger partial charge in [-0.15, -0.1) is 0 Å². The Balaban J connectivity index is 2.63. The van der Waals surface area contributed by atoms with Gasteiger partial charge in [-0.1, -0.05) is 15.9 Å². The summed E-state index contributed by atoms with van der Waals surface area (Å²) in [6.07, 6.45) is -3.83. The fraction of sp³-hybridized carbons (Fsp3) is 0.263. The highest BCUT2D eigenvalue weighted by Crippen LogP contribution is 2.39. The Kier molecular flexibility index (Phi) is 5.47. The molecule has 0 saturated carbocycles. The molecule has 3 nitrogen and oxygen atoms in total. The number of nitrogens with zero attached hydrogens (tertiary/aromatic N) is 2. The fourth-order valence-electron chi connectivity index (χ4n) is 2.59. The van der Waals surface area contributed by atoms with Crippen LogP contribution >= 0.6 is 15.9 Å². The molecule has 0 radical (unpaired) electrons. The lowest BCUT2D eigenvalue weighted by Gasteiger charge is -2.29. The number of aldehydes is 1. The molecule has 26 heavy (non-hydrogen) atoms. The average molecular weight is 425 g/mol. The molecule has 7 heteroatoms. The van der Waals surface area contributed by atoms with Crippen molar-refractivity contribution in [3.8, 4) is 6.07 Å². The number of hydrogen-bond acceptors (Lipinski definition) is 3. The van der Waals surface area contributed by atoms with Crippen LogP contribution < -0.4 is 4.90 Å². The maximum atomic E-state index is 13.2. The van der Waals surface area contributed by atoms with Crippen LogP contribution in [0, 0.1) is 11.3 Å². The molecule has 0 aliphatic heterocycles. The maximum absolute atomic E-state index is 13.2. The maximum Gasteiger partial charge on any atom is 0.417 e. The number of halogens is 4. The zero-order chi connectivity index (χ0) is 19.7. The van der Waals surface area contributed by atoms with E-state index in [1.807, 2.05) is 0 Å². The fourth-order valence-corrected chi connectivity index (χ4v) is 2.95. The molecule has 0 bridgehead atoms. The predicted octanol–water partition coefficient (Wildman–Crippen LogP) is 5.58. The molecule has 2 aromatic rings. The monoisotopic (exact) mass is 424 g/mol. The SMILES string of the molecule is CN(c1ccc(C#N)c(C(F)(F)F)c1)c1ccc(Br)cc1C(C)(C)C=O. The molecule has 136 valence electrons. The first kappa shape index (κ1) is 20.0. The summed E-state index contributed by atoms with van der Waals surface area (Å²) in [6, 6.07) is 10.4. The van der Waals surface area contributed by atoms with E-state index in [9.17, 15) is 18.0 Å². The summed E-state index contributed by atoms with van der Waals surface area (Å²) in [6.45, 7) is 3.47. The van der Waals surface area contributed by atoms with E-state index in [0.717, 1.165) is 22.9 Å². The van der Waals surface area contributed by atoms with Gasteiger partial charge in [-0.2, -0.15) is 18.4 Å². The Labute approximate surface area is 158 Å². The van der Waals surface area contributed by atoms with Gasteiger partial charge in [-0.3, -0.25) is 0 Å².